The van der Waals surface area contributed by atoms with Crippen LogP contribution in [0, 0.1) is 0 Å². The zero-order valence-electron chi connectivity index (χ0n) is 10.9. The molecule has 1 aromatic heterocycles. The summed E-state index contributed by atoms with van der Waals surface area (Å²) in [5.41, 5.74) is 1.38. The summed E-state index contributed by atoms with van der Waals surface area (Å²) >= 11 is 0. The second kappa shape index (κ2) is 4.96. The first-order valence-electron chi connectivity index (χ1n) is 6.61. The van der Waals surface area contributed by atoms with E-state index in [1.54, 1.807) is 23.2 Å². The van der Waals surface area contributed by atoms with Crippen LogP contribution in [0.4, 0.5) is 0 Å². The lowest BCUT2D eigenvalue weighted by atomic mass is 10.1. The van der Waals surface area contributed by atoms with Gasteiger partial charge in [0.05, 0.1) is 18.1 Å². The van der Waals surface area contributed by atoms with Gasteiger partial charge in [-0.3, -0.25) is 14.7 Å². The molecule has 0 unspecified atom stereocenters. The van der Waals surface area contributed by atoms with Crippen molar-refractivity contribution in [2.75, 3.05) is 6.54 Å². The molecular weight excluding hydrogens is 258 g/mol. The van der Waals surface area contributed by atoms with Crippen LogP contribution in [-0.2, 0) is 4.79 Å². The topological polar surface area (TPSA) is 86.3 Å². The van der Waals surface area contributed by atoms with Crippen LogP contribution in [0.5, 0.6) is 0 Å². The van der Waals surface area contributed by atoms with Crippen molar-refractivity contribution in [2.24, 2.45) is 0 Å². The molecule has 6 heteroatoms. The van der Waals surface area contributed by atoms with Crippen molar-refractivity contribution < 1.29 is 14.7 Å². The van der Waals surface area contributed by atoms with Gasteiger partial charge in [-0.25, -0.2) is 0 Å². The Bertz CT molecular complexity index is 660. The van der Waals surface area contributed by atoms with Crippen molar-refractivity contribution in [3.63, 3.8) is 0 Å². The number of carboxylic acids is 1. The lowest BCUT2D eigenvalue weighted by molar-refractivity contribution is -0.137. The number of nitrogens with zero attached hydrogens (tertiary/aromatic N) is 2. The van der Waals surface area contributed by atoms with Gasteiger partial charge >= 0.3 is 5.97 Å². The van der Waals surface area contributed by atoms with Crippen LogP contribution in [0.2, 0.25) is 0 Å². The summed E-state index contributed by atoms with van der Waals surface area (Å²) in [6.07, 6.45) is 3.59. The number of fused-ring (bicyclic) bond motifs is 1. The molecule has 1 aliphatic carbocycles. The molecule has 0 bridgehead atoms. The largest absolute Gasteiger partial charge is 0.481 e. The fraction of sp³-hybridized carbons (Fsp3) is 0.357. The first kappa shape index (κ1) is 12.7. The summed E-state index contributed by atoms with van der Waals surface area (Å²) in [5.74, 6) is -0.988. The standard InChI is InChI=1S/C14H15N3O3/c18-13(19)5-6-17(11-3-4-11)14(20)9-1-2-10-8-15-16-12(10)7-9/h1-2,7-8,11H,3-6H2,(H,15,16)(H,18,19). The van der Waals surface area contributed by atoms with E-state index in [0.717, 1.165) is 23.7 Å². The monoisotopic (exact) mass is 273 g/mol. The van der Waals surface area contributed by atoms with E-state index in [4.69, 9.17) is 5.11 Å². The van der Waals surface area contributed by atoms with Crippen molar-refractivity contribution in [1.29, 1.82) is 0 Å². The number of benzene rings is 1. The number of carbonyl (C=O) groups excluding carboxylic acids is 1. The van der Waals surface area contributed by atoms with Gasteiger partial charge in [-0.1, -0.05) is 6.07 Å². The Hall–Kier alpha value is -2.37. The van der Waals surface area contributed by atoms with Crippen LogP contribution in [0.3, 0.4) is 0 Å². The smallest absolute Gasteiger partial charge is 0.305 e. The summed E-state index contributed by atoms with van der Waals surface area (Å²) in [4.78, 5) is 24.9. The molecule has 2 aromatic rings. The molecule has 104 valence electrons. The lowest BCUT2D eigenvalue weighted by Crippen LogP contribution is -2.35. The number of amides is 1. The van der Waals surface area contributed by atoms with Crippen molar-refractivity contribution in [3.05, 3.63) is 30.0 Å². The average molecular weight is 273 g/mol. The SMILES string of the molecule is O=C(O)CCN(C(=O)c1ccc2cn[nH]c2c1)C1CC1. The van der Waals surface area contributed by atoms with E-state index < -0.39 is 5.97 Å². The number of nitrogens with one attached hydrogen (secondary N) is 1. The number of H-pyrrole nitrogens is 1. The first-order valence-corrected chi connectivity index (χ1v) is 6.61. The van der Waals surface area contributed by atoms with Gasteiger partial charge in [-0.2, -0.15) is 5.10 Å². The van der Waals surface area contributed by atoms with Gasteiger partial charge in [-0.15, -0.1) is 0 Å². The maximum Gasteiger partial charge on any atom is 0.305 e. The van der Waals surface area contributed by atoms with Crippen molar-refractivity contribution in [1.82, 2.24) is 15.1 Å². The summed E-state index contributed by atoms with van der Waals surface area (Å²) in [6.45, 7) is 0.264. The van der Waals surface area contributed by atoms with Gasteiger partial charge in [-0.05, 0) is 25.0 Å². The molecule has 1 aliphatic rings. The number of carbonyl (C=O) groups is 2. The molecule has 1 fully saturated rings. The highest BCUT2D eigenvalue weighted by Gasteiger charge is 2.33. The summed E-state index contributed by atoms with van der Waals surface area (Å²) < 4.78 is 0. The first-order chi connectivity index (χ1) is 9.65. The Morgan fingerprint density at radius 3 is 2.90 bits per heavy atom. The second-order valence-corrected chi connectivity index (χ2v) is 5.05. The summed E-state index contributed by atoms with van der Waals surface area (Å²) in [5, 5.41) is 16.5. The number of rotatable bonds is 5. The highest BCUT2D eigenvalue weighted by molar-refractivity contribution is 5.98. The predicted molar refractivity (Wildman–Crippen MR) is 72.4 cm³/mol. The Morgan fingerprint density at radius 2 is 2.20 bits per heavy atom. The molecule has 1 aromatic carbocycles. The molecule has 0 spiro atoms. The van der Waals surface area contributed by atoms with Gasteiger partial charge in [0.1, 0.15) is 0 Å². The minimum absolute atomic E-state index is 0.0193. The van der Waals surface area contributed by atoms with E-state index in [-0.39, 0.29) is 24.9 Å². The van der Waals surface area contributed by atoms with Gasteiger partial charge in [0, 0.05) is 23.5 Å². The Labute approximate surface area is 115 Å². The minimum Gasteiger partial charge on any atom is -0.481 e. The molecule has 20 heavy (non-hydrogen) atoms. The second-order valence-electron chi connectivity index (χ2n) is 5.05. The predicted octanol–water partition coefficient (Wildman–Crippen LogP) is 1.64. The zero-order valence-corrected chi connectivity index (χ0v) is 10.9. The minimum atomic E-state index is -0.882. The van der Waals surface area contributed by atoms with E-state index in [9.17, 15) is 9.59 Å². The third-order valence-corrected chi connectivity index (χ3v) is 3.50. The van der Waals surface area contributed by atoms with Crippen molar-refractivity contribution in [3.8, 4) is 0 Å². The number of aromatic amines is 1. The third kappa shape index (κ3) is 2.49. The van der Waals surface area contributed by atoms with Crippen LogP contribution in [0.25, 0.3) is 10.9 Å². The number of aliphatic carboxylic acids is 1. The number of aromatic nitrogens is 2. The Balaban J connectivity index is 1.82. The molecule has 0 saturated heterocycles. The van der Waals surface area contributed by atoms with Crippen LogP contribution in [0.15, 0.2) is 24.4 Å². The van der Waals surface area contributed by atoms with Crippen LogP contribution >= 0.6 is 0 Å². The summed E-state index contributed by atoms with van der Waals surface area (Å²) in [7, 11) is 0. The molecule has 0 atom stereocenters. The molecule has 1 amide bonds. The molecule has 3 rings (SSSR count). The van der Waals surface area contributed by atoms with Gasteiger partial charge in [0.2, 0.25) is 0 Å². The summed E-state index contributed by atoms with van der Waals surface area (Å²) in [6, 6.07) is 5.56. The van der Waals surface area contributed by atoms with E-state index in [0.29, 0.717) is 5.56 Å². The van der Waals surface area contributed by atoms with Crippen LogP contribution < -0.4 is 0 Å². The maximum absolute atomic E-state index is 12.5. The zero-order chi connectivity index (χ0) is 14.1. The molecular formula is C14H15N3O3. The van der Waals surface area contributed by atoms with Crippen molar-refractivity contribution in [2.45, 2.75) is 25.3 Å². The van der Waals surface area contributed by atoms with E-state index in [1.165, 1.54) is 0 Å². The van der Waals surface area contributed by atoms with Gasteiger partial charge < -0.3 is 10.0 Å². The highest BCUT2D eigenvalue weighted by Crippen LogP contribution is 2.28. The Kier molecular flexibility index (Phi) is 3.14. The van der Waals surface area contributed by atoms with E-state index in [1.807, 2.05) is 6.07 Å². The van der Waals surface area contributed by atoms with E-state index in [2.05, 4.69) is 10.2 Å². The normalized spacial score (nSPS) is 14.4. The van der Waals surface area contributed by atoms with Crippen molar-refractivity contribution >= 4 is 22.8 Å². The number of hydrogen-bond donors (Lipinski definition) is 2. The molecule has 0 aliphatic heterocycles. The highest BCUT2D eigenvalue weighted by atomic mass is 16.4. The lowest BCUT2D eigenvalue weighted by Gasteiger charge is -2.21. The van der Waals surface area contributed by atoms with Crippen LogP contribution in [-0.4, -0.2) is 44.7 Å². The van der Waals surface area contributed by atoms with Crippen LogP contribution in [0.1, 0.15) is 29.6 Å². The fourth-order valence-corrected chi connectivity index (χ4v) is 2.29. The van der Waals surface area contributed by atoms with E-state index >= 15 is 0 Å². The molecule has 1 saturated carbocycles. The number of hydrogen-bond acceptors (Lipinski definition) is 3. The quantitative estimate of drug-likeness (QED) is 0.867. The fourth-order valence-electron chi connectivity index (χ4n) is 2.29. The molecule has 6 nitrogen and oxygen atoms in total. The van der Waals surface area contributed by atoms with Gasteiger partial charge in [0.25, 0.3) is 5.91 Å². The average Bonchev–Trinajstić information content (AvgIpc) is 3.15. The van der Waals surface area contributed by atoms with Gasteiger partial charge in [0.15, 0.2) is 0 Å². The Morgan fingerprint density at radius 1 is 1.40 bits per heavy atom. The maximum atomic E-state index is 12.5. The third-order valence-electron chi connectivity index (χ3n) is 3.50. The molecule has 1 heterocycles. The molecule has 2 N–H and O–H groups in total. The molecule has 0 radical (unpaired) electrons. The number of carboxylic acid groups (broad SMARTS) is 1.